The Labute approximate surface area is 112 Å². The van der Waals surface area contributed by atoms with E-state index in [4.69, 9.17) is 0 Å². The number of nitrogens with one attached hydrogen (secondary N) is 2. The lowest BCUT2D eigenvalue weighted by Crippen LogP contribution is -2.39. The van der Waals surface area contributed by atoms with Crippen LogP contribution in [0.4, 0.5) is 0 Å². The normalized spacial score (nSPS) is 18.5. The predicted octanol–water partition coefficient (Wildman–Crippen LogP) is 1.000. The van der Waals surface area contributed by atoms with Crippen molar-refractivity contribution in [3.63, 3.8) is 0 Å². The third-order valence-corrected chi connectivity index (χ3v) is 2.98. The van der Waals surface area contributed by atoms with Crippen LogP contribution in [0.1, 0.15) is 24.8 Å². The second-order valence-electron chi connectivity index (χ2n) is 4.47. The zero-order valence-corrected chi connectivity index (χ0v) is 10.6. The van der Waals surface area contributed by atoms with E-state index in [1.807, 2.05) is 18.2 Å². The summed E-state index contributed by atoms with van der Waals surface area (Å²) in [4.78, 5) is 22.5. The van der Waals surface area contributed by atoms with Crippen molar-refractivity contribution < 1.29 is 9.59 Å². The molecule has 0 aliphatic carbocycles. The summed E-state index contributed by atoms with van der Waals surface area (Å²) in [5.74, 6) is -0.324. The van der Waals surface area contributed by atoms with Gasteiger partial charge in [0, 0.05) is 12.6 Å². The van der Waals surface area contributed by atoms with Crippen LogP contribution in [0.3, 0.4) is 0 Å². The molecule has 1 saturated heterocycles. The van der Waals surface area contributed by atoms with Gasteiger partial charge in [-0.2, -0.15) is 5.10 Å². The summed E-state index contributed by atoms with van der Waals surface area (Å²) in [6, 6.07) is 9.65. The van der Waals surface area contributed by atoms with E-state index in [0.29, 0.717) is 12.8 Å². The first-order valence-electron chi connectivity index (χ1n) is 6.40. The molecular weight excluding hydrogens is 242 g/mol. The van der Waals surface area contributed by atoms with Crippen molar-refractivity contribution in [2.24, 2.45) is 5.10 Å². The highest BCUT2D eigenvalue weighted by Crippen LogP contribution is 2.06. The molecule has 1 aliphatic rings. The van der Waals surface area contributed by atoms with Crippen molar-refractivity contribution in [3.8, 4) is 0 Å². The number of rotatable bonds is 5. The predicted molar refractivity (Wildman–Crippen MR) is 72.6 cm³/mol. The molecule has 0 saturated carbocycles. The Hall–Kier alpha value is -2.17. The van der Waals surface area contributed by atoms with E-state index in [1.165, 1.54) is 5.56 Å². The summed E-state index contributed by atoms with van der Waals surface area (Å²) in [5.41, 5.74) is 3.69. The molecule has 2 N–H and O–H groups in total. The molecule has 2 rings (SSSR count). The molecule has 19 heavy (non-hydrogen) atoms. The molecule has 0 radical (unpaired) electrons. The molecule has 5 heteroatoms. The van der Waals surface area contributed by atoms with Gasteiger partial charge >= 0.3 is 0 Å². The smallest absolute Gasteiger partial charge is 0.262 e. The van der Waals surface area contributed by atoms with E-state index >= 15 is 0 Å². The maximum Gasteiger partial charge on any atom is 0.262 e. The first kappa shape index (κ1) is 13.3. The minimum atomic E-state index is -0.432. The third kappa shape index (κ3) is 4.21. The number of benzene rings is 1. The first-order chi connectivity index (χ1) is 9.25. The largest absolute Gasteiger partial charge is 0.344 e. The molecule has 0 spiro atoms. The highest BCUT2D eigenvalue weighted by molar-refractivity contribution is 5.90. The van der Waals surface area contributed by atoms with E-state index in [9.17, 15) is 9.59 Å². The molecular formula is C14H17N3O2. The zero-order chi connectivity index (χ0) is 13.5. The zero-order valence-electron chi connectivity index (χ0n) is 10.6. The van der Waals surface area contributed by atoms with Crippen molar-refractivity contribution in [2.75, 3.05) is 0 Å². The van der Waals surface area contributed by atoms with Crippen molar-refractivity contribution in [1.29, 1.82) is 0 Å². The van der Waals surface area contributed by atoms with Gasteiger partial charge < -0.3 is 5.32 Å². The van der Waals surface area contributed by atoms with E-state index in [-0.39, 0.29) is 11.8 Å². The van der Waals surface area contributed by atoms with Crippen LogP contribution in [0.15, 0.2) is 35.4 Å². The number of amides is 2. The number of nitrogens with zero attached hydrogens (tertiary/aromatic N) is 1. The Morgan fingerprint density at radius 1 is 1.42 bits per heavy atom. The van der Waals surface area contributed by atoms with Gasteiger partial charge in [0.15, 0.2) is 0 Å². The lowest BCUT2D eigenvalue weighted by Gasteiger charge is -2.06. The fourth-order valence-corrected chi connectivity index (χ4v) is 1.94. The minimum absolute atomic E-state index is 0.0757. The van der Waals surface area contributed by atoms with Crippen LogP contribution in [0.25, 0.3) is 0 Å². The molecule has 0 bridgehead atoms. The molecule has 1 aromatic rings. The Morgan fingerprint density at radius 3 is 2.89 bits per heavy atom. The number of carbonyl (C=O) groups is 2. The van der Waals surface area contributed by atoms with Crippen molar-refractivity contribution in [1.82, 2.24) is 10.7 Å². The number of aryl methyl sites for hydroxylation is 1. The van der Waals surface area contributed by atoms with Crippen LogP contribution in [-0.2, 0) is 16.0 Å². The molecule has 1 fully saturated rings. The van der Waals surface area contributed by atoms with Crippen molar-refractivity contribution in [3.05, 3.63) is 35.9 Å². The molecule has 1 aromatic carbocycles. The van der Waals surface area contributed by atoms with Crippen molar-refractivity contribution >= 4 is 18.0 Å². The first-order valence-corrected chi connectivity index (χ1v) is 6.40. The van der Waals surface area contributed by atoms with Crippen LogP contribution in [0, 0.1) is 0 Å². The lowest BCUT2D eigenvalue weighted by molar-refractivity contribution is -0.125. The van der Waals surface area contributed by atoms with E-state index < -0.39 is 6.04 Å². The van der Waals surface area contributed by atoms with Crippen LogP contribution in [0.2, 0.25) is 0 Å². The van der Waals surface area contributed by atoms with Gasteiger partial charge in [-0.25, -0.2) is 5.43 Å². The van der Waals surface area contributed by atoms with Crippen LogP contribution < -0.4 is 10.7 Å². The Balaban J connectivity index is 1.66. The molecule has 1 atom stereocenters. The summed E-state index contributed by atoms with van der Waals surface area (Å²) in [6.45, 7) is 0. The average Bonchev–Trinajstić information content (AvgIpc) is 2.86. The van der Waals surface area contributed by atoms with Gasteiger partial charge in [-0.3, -0.25) is 9.59 Å². The molecule has 2 amide bonds. The minimum Gasteiger partial charge on any atom is -0.344 e. The molecule has 0 aromatic heterocycles. The standard InChI is InChI=1S/C14H17N3O2/c18-13-9-8-12(16-13)14(19)17-15-10-4-7-11-5-2-1-3-6-11/h1-3,5-6,10,12H,4,7-9H2,(H,16,18)(H,17,19)/b15-10+/t12-/m0/s1. The Morgan fingerprint density at radius 2 is 2.21 bits per heavy atom. The SMILES string of the molecule is O=C1CC[C@@H](C(=O)N/N=C/CCc2ccccc2)N1. The van der Waals surface area contributed by atoms with Crippen molar-refractivity contribution in [2.45, 2.75) is 31.7 Å². The monoisotopic (exact) mass is 259 g/mol. The van der Waals surface area contributed by atoms with Gasteiger partial charge in [-0.05, 0) is 24.8 Å². The second-order valence-corrected chi connectivity index (χ2v) is 4.47. The maximum atomic E-state index is 11.6. The molecule has 5 nitrogen and oxygen atoms in total. The maximum absolute atomic E-state index is 11.6. The van der Waals surface area contributed by atoms with Crippen LogP contribution in [0.5, 0.6) is 0 Å². The number of hydrogen-bond acceptors (Lipinski definition) is 3. The number of hydrogen-bond donors (Lipinski definition) is 2. The van der Waals surface area contributed by atoms with E-state index in [2.05, 4.69) is 28.0 Å². The van der Waals surface area contributed by atoms with Gasteiger partial charge in [0.25, 0.3) is 5.91 Å². The average molecular weight is 259 g/mol. The van der Waals surface area contributed by atoms with Gasteiger partial charge in [0.1, 0.15) is 6.04 Å². The number of carbonyl (C=O) groups excluding carboxylic acids is 2. The Kier molecular flexibility index (Phi) is 4.66. The van der Waals surface area contributed by atoms with Gasteiger partial charge in [-0.1, -0.05) is 30.3 Å². The number of hydrazone groups is 1. The highest BCUT2D eigenvalue weighted by Gasteiger charge is 2.26. The summed E-state index contributed by atoms with van der Waals surface area (Å²) < 4.78 is 0. The quantitative estimate of drug-likeness (QED) is 0.611. The summed E-state index contributed by atoms with van der Waals surface area (Å²) in [5, 5.41) is 6.48. The fourth-order valence-electron chi connectivity index (χ4n) is 1.94. The molecule has 0 unspecified atom stereocenters. The van der Waals surface area contributed by atoms with Gasteiger partial charge in [0.2, 0.25) is 5.91 Å². The molecule has 100 valence electrons. The summed E-state index contributed by atoms with van der Waals surface area (Å²) in [6.07, 6.45) is 4.30. The van der Waals surface area contributed by atoms with Gasteiger partial charge in [0.05, 0.1) is 0 Å². The molecule has 1 heterocycles. The summed E-state index contributed by atoms with van der Waals surface area (Å²) in [7, 11) is 0. The summed E-state index contributed by atoms with van der Waals surface area (Å²) >= 11 is 0. The van der Waals surface area contributed by atoms with Crippen LogP contribution in [-0.4, -0.2) is 24.1 Å². The van der Waals surface area contributed by atoms with Crippen LogP contribution >= 0.6 is 0 Å². The fraction of sp³-hybridized carbons (Fsp3) is 0.357. The highest BCUT2D eigenvalue weighted by atomic mass is 16.2. The lowest BCUT2D eigenvalue weighted by atomic mass is 10.1. The van der Waals surface area contributed by atoms with Gasteiger partial charge in [-0.15, -0.1) is 0 Å². The Bertz CT molecular complexity index is 471. The second kappa shape index (κ2) is 6.68. The van der Waals surface area contributed by atoms with E-state index in [0.717, 1.165) is 12.8 Å². The topological polar surface area (TPSA) is 70.6 Å². The third-order valence-electron chi connectivity index (χ3n) is 2.98. The van der Waals surface area contributed by atoms with E-state index in [1.54, 1.807) is 6.21 Å². The molecule has 1 aliphatic heterocycles.